The second kappa shape index (κ2) is 5.47. The van der Waals surface area contributed by atoms with Crippen LogP contribution in [-0.4, -0.2) is 43.1 Å². The Balaban J connectivity index is 2.00. The molecule has 0 spiro atoms. The molecule has 1 saturated heterocycles. The number of likely N-dealkylation sites (tertiary alicyclic amines) is 1. The number of hydrogen-bond donors (Lipinski definition) is 1. The number of aromatic nitrogens is 1. The monoisotopic (exact) mass is 234 g/mol. The van der Waals surface area contributed by atoms with E-state index in [1.807, 2.05) is 6.20 Å². The molecule has 0 amide bonds. The first kappa shape index (κ1) is 12.3. The van der Waals surface area contributed by atoms with Gasteiger partial charge in [-0.1, -0.05) is 6.07 Å². The minimum absolute atomic E-state index is 0.561. The van der Waals surface area contributed by atoms with Crippen LogP contribution < -0.4 is 10.6 Å². The molecule has 0 bridgehead atoms. The van der Waals surface area contributed by atoms with Crippen molar-refractivity contribution >= 4 is 5.82 Å². The summed E-state index contributed by atoms with van der Waals surface area (Å²) in [5, 5.41) is 0. The molecule has 0 aromatic carbocycles. The highest BCUT2D eigenvalue weighted by Gasteiger charge is 2.21. The Morgan fingerprint density at radius 1 is 1.41 bits per heavy atom. The molecule has 1 aliphatic rings. The van der Waals surface area contributed by atoms with Gasteiger partial charge in [0.25, 0.3) is 0 Å². The molecule has 0 atom stereocenters. The number of anilines is 1. The van der Waals surface area contributed by atoms with Crippen LogP contribution in [0.4, 0.5) is 5.82 Å². The van der Waals surface area contributed by atoms with Crippen molar-refractivity contribution in [3.8, 4) is 0 Å². The van der Waals surface area contributed by atoms with Crippen molar-refractivity contribution in [3.63, 3.8) is 0 Å². The van der Waals surface area contributed by atoms with Gasteiger partial charge in [0.1, 0.15) is 5.82 Å². The zero-order valence-corrected chi connectivity index (χ0v) is 10.8. The van der Waals surface area contributed by atoms with Gasteiger partial charge in [0.2, 0.25) is 0 Å². The van der Waals surface area contributed by atoms with Crippen LogP contribution in [-0.2, 0) is 6.54 Å². The van der Waals surface area contributed by atoms with Crippen LogP contribution in [0.2, 0.25) is 0 Å². The summed E-state index contributed by atoms with van der Waals surface area (Å²) in [7, 11) is 4.32. The van der Waals surface area contributed by atoms with Gasteiger partial charge in [-0.05, 0) is 44.6 Å². The fraction of sp³-hybridized carbons (Fsp3) is 0.615. The first-order valence-corrected chi connectivity index (χ1v) is 6.27. The van der Waals surface area contributed by atoms with Crippen LogP contribution >= 0.6 is 0 Å². The predicted octanol–water partition coefficient (Wildman–Crippen LogP) is 1.07. The zero-order chi connectivity index (χ0) is 12.3. The van der Waals surface area contributed by atoms with Crippen LogP contribution in [0.25, 0.3) is 0 Å². The molecule has 4 nitrogen and oxygen atoms in total. The predicted molar refractivity (Wildman–Crippen MR) is 71.1 cm³/mol. The molecule has 1 fully saturated rings. The average Bonchev–Trinajstić information content (AvgIpc) is 2.39. The van der Waals surface area contributed by atoms with Gasteiger partial charge in [-0.3, -0.25) is 0 Å². The number of pyridine rings is 1. The van der Waals surface area contributed by atoms with Gasteiger partial charge in [0.05, 0.1) is 0 Å². The molecule has 1 aliphatic heterocycles. The molecule has 2 heterocycles. The molecule has 1 aromatic rings. The third-order valence-electron chi connectivity index (χ3n) is 3.64. The lowest BCUT2D eigenvalue weighted by Gasteiger charge is -2.35. The Morgan fingerprint density at radius 2 is 2.12 bits per heavy atom. The van der Waals surface area contributed by atoms with Gasteiger partial charge < -0.3 is 15.5 Å². The lowest BCUT2D eigenvalue weighted by atomic mass is 10.0. The number of nitrogens with zero attached hydrogens (tertiary/aromatic N) is 3. The van der Waals surface area contributed by atoms with E-state index in [4.69, 9.17) is 5.73 Å². The SMILES string of the molecule is CN1CCC(N(C)c2ccc(CN)cn2)CC1. The fourth-order valence-electron chi connectivity index (χ4n) is 2.32. The van der Waals surface area contributed by atoms with E-state index in [2.05, 4.69) is 41.0 Å². The van der Waals surface area contributed by atoms with Crippen molar-refractivity contribution in [3.05, 3.63) is 23.9 Å². The van der Waals surface area contributed by atoms with Crippen LogP contribution in [0.1, 0.15) is 18.4 Å². The van der Waals surface area contributed by atoms with E-state index in [0.29, 0.717) is 12.6 Å². The average molecular weight is 234 g/mol. The van der Waals surface area contributed by atoms with Gasteiger partial charge in [0.15, 0.2) is 0 Å². The zero-order valence-electron chi connectivity index (χ0n) is 10.8. The molecule has 2 rings (SSSR count). The lowest BCUT2D eigenvalue weighted by Crippen LogP contribution is -2.42. The molecular weight excluding hydrogens is 212 g/mol. The summed E-state index contributed by atoms with van der Waals surface area (Å²) < 4.78 is 0. The van der Waals surface area contributed by atoms with Gasteiger partial charge in [-0.25, -0.2) is 4.98 Å². The normalized spacial score (nSPS) is 18.3. The summed E-state index contributed by atoms with van der Waals surface area (Å²) in [5.74, 6) is 1.05. The van der Waals surface area contributed by atoms with Crippen molar-refractivity contribution in [2.75, 3.05) is 32.1 Å². The van der Waals surface area contributed by atoms with Crippen LogP contribution in [0.15, 0.2) is 18.3 Å². The Morgan fingerprint density at radius 3 is 2.65 bits per heavy atom. The highest BCUT2D eigenvalue weighted by atomic mass is 15.2. The van der Waals surface area contributed by atoms with E-state index in [9.17, 15) is 0 Å². The number of rotatable bonds is 3. The van der Waals surface area contributed by atoms with Crippen LogP contribution in [0.3, 0.4) is 0 Å². The lowest BCUT2D eigenvalue weighted by molar-refractivity contribution is 0.252. The highest BCUT2D eigenvalue weighted by Crippen LogP contribution is 2.19. The Kier molecular flexibility index (Phi) is 3.97. The van der Waals surface area contributed by atoms with Crippen molar-refractivity contribution in [2.45, 2.75) is 25.4 Å². The van der Waals surface area contributed by atoms with Gasteiger partial charge in [-0.15, -0.1) is 0 Å². The third-order valence-corrected chi connectivity index (χ3v) is 3.64. The van der Waals surface area contributed by atoms with Crippen LogP contribution in [0, 0.1) is 0 Å². The van der Waals surface area contributed by atoms with Crippen molar-refractivity contribution in [1.82, 2.24) is 9.88 Å². The number of hydrogen-bond acceptors (Lipinski definition) is 4. The second-order valence-electron chi connectivity index (χ2n) is 4.87. The molecule has 0 saturated carbocycles. The van der Waals surface area contributed by atoms with Crippen molar-refractivity contribution < 1.29 is 0 Å². The maximum atomic E-state index is 5.57. The topological polar surface area (TPSA) is 45.4 Å². The van der Waals surface area contributed by atoms with Gasteiger partial charge in [0, 0.05) is 25.8 Å². The summed E-state index contributed by atoms with van der Waals surface area (Å²) in [5.41, 5.74) is 6.66. The van der Waals surface area contributed by atoms with E-state index >= 15 is 0 Å². The van der Waals surface area contributed by atoms with Crippen molar-refractivity contribution in [2.24, 2.45) is 5.73 Å². The Bertz CT molecular complexity index is 341. The maximum Gasteiger partial charge on any atom is 0.128 e. The minimum Gasteiger partial charge on any atom is -0.357 e. The molecule has 4 heteroatoms. The molecule has 1 aromatic heterocycles. The first-order valence-electron chi connectivity index (χ1n) is 6.27. The summed E-state index contributed by atoms with van der Waals surface area (Å²) in [6.07, 6.45) is 4.31. The summed E-state index contributed by atoms with van der Waals surface area (Å²) in [6.45, 7) is 2.91. The first-order chi connectivity index (χ1) is 8.20. The molecule has 2 N–H and O–H groups in total. The largest absolute Gasteiger partial charge is 0.357 e. The Labute approximate surface area is 103 Å². The minimum atomic E-state index is 0.561. The molecule has 0 radical (unpaired) electrons. The number of piperidine rings is 1. The van der Waals surface area contributed by atoms with Gasteiger partial charge in [-0.2, -0.15) is 0 Å². The maximum absolute atomic E-state index is 5.57. The van der Waals surface area contributed by atoms with E-state index in [1.54, 1.807) is 0 Å². The van der Waals surface area contributed by atoms with E-state index in [0.717, 1.165) is 11.4 Å². The number of nitrogens with two attached hydrogens (primary N) is 1. The summed E-state index contributed by atoms with van der Waals surface area (Å²) >= 11 is 0. The molecule has 0 aliphatic carbocycles. The smallest absolute Gasteiger partial charge is 0.128 e. The van der Waals surface area contributed by atoms with E-state index < -0.39 is 0 Å². The second-order valence-corrected chi connectivity index (χ2v) is 4.87. The fourth-order valence-corrected chi connectivity index (χ4v) is 2.32. The molecular formula is C13H22N4. The van der Waals surface area contributed by atoms with E-state index in [1.165, 1.54) is 25.9 Å². The van der Waals surface area contributed by atoms with E-state index in [-0.39, 0.29) is 0 Å². The Hall–Kier alpha value is -1.13. The molecule has 0 unspecified atom stereocenters. The molecule has 94 valence electrons. The molecule has 17 heavy (non-hydrogen) atoms. The summed E-state index contributed by atoms with van der Waals surface area (Å²) in [6, 6.07) is 4.75. The van der Waals surface area contributed by atoms with Crippen molar-refractivity contribution in [1.29, 1.82) is 0 Å². The quantitative estimate of drug-likeness (QED) is 0.850. The van der Waals surface area contributed by atoms with Crippen LogP contribution in [0.5, 0.6) is 0 Å². The standard InChI is InChI=1S/C13H22N4/c1-16-7-5-12(6-8-16)17(2)13-4-3-11(9-14)10-15-13/h3-4,10,12H,5-9,14H2,1-2H3. The summed E-state index contributed by atoms with van der Waals surface area (Å²) in [4.78, 5) is 9.16. The van der Waals surface area contributed by atoms with Gasteiger partial charge >= 0.3 is 0 Å². The third kappa shape index (κ3) is 2.96. The highest BCUT2D eigenvalue weighted by molar-refractivity contribution is 5.39.